The first kappa shape index (κ1) is 8.19. The van der Waals surface area contributed by atoms with Crippen LogP contribution in [0.25, 0.3) is 0 Å². The SMILES string of the molecule is NC(=O)C(=O)Nc1ccncc1. The van der Waals surface area contributed by atoms with Gasteiger partial charge in [-0.1, -0.05) is 0 Å². The fourth-order valence-corrected chi connectivity index (χ4v) is 0.628. The summed E-state index contributed by atoms with van der Waals surface area (Å²) in [5.41, 5.74) is 5.21. The summed E-state index contributed by atoms with van der Waals surface area (Å²) in [7, 11) is 0. The highest BCUT2D eigenvalue weighted by molar-refractivity contribution is 6.39. The molecule has 1 aromatic heterocycles. The predicted octanol–water partition coefficient (Wildman–Crippen LogP) is -0.495. The van der Waals surface area contributed by atoms with E-state index in [1.807, 2.05) is 0 Å². The molecule has 0 unspecified atom stereocenters. The maximum atomic E-state index is 10.7. The Labute approximate surface area is 68.6 Å². The number of nitrogens with one attached hydrogen (secondary N) is 1. The van der Waals surface area contributed by atoms with Gasteiger partial charge < -0.3 is 11.1 Å². The van der Waals surface area contributed by atoms with E-state index in [4.69, 9.17) is 5.73 Å². The lowest BCUT2D eigenvalue weighted by Gasteiger charge is -1.99. The van der Waals surface area contributed by atoms with Crippen molar-refractivity contribution in [1.29, 1.82) is 0 Å². The van der Waals surface area contributed by atoms with Crippen LogP contribution in [0.5, 0.6) is 0 Å². The molecule has 0 spiro atoms. The summed E-state index contributed by atoms with van der Waals surface area (Å²) in [6, 6.07) is 3.11. The number of primary amides is 1. The number of hydrogen-bond acceptors (Lipinski definition) is 3. The van der Waals surface area contributed by atoms with Crippen LogP contribution < -0.4 is 11.1 Å². The molecule has 0 atom stereocenters. The molecule has 0 saturated heterocycles. The highest BCUT2D eigenvalue weighted by Gasteiger charge is 2.07. The number of nitrogens with zero attached hydrogens (tertiary/aromatic N) is 1. The number of nitrogens with two attached hydrogens (primary N) is 1. The number of amides is 2. The fraction of sp³-hybridized carbons (Fsp3) is 0. The Balaban J connectivity index is 2.65. The quantitative estimate of drug-likeness (QED) is 0.550. The number of aromatic nitrogens is 1. The summed E-state index contributed by atoms with van der Waals surface area (Å²) in [6.45, 7) is 0. The van der Waals surface area contributed by atoms with E-state index in [9.17, 15) is 9.59 Å². The van der Waals surface area contributed by atoms with Crippen LogP contribution in [0.3, 0.4) is 0 Å². The summed E-state index contributed by atoms with van der Waals surface area (Å²) in [6.07, 6.45) is 2.99. The van der Waals surface area contributed by atoms with Crippen LogP contribution in [0, 0.1) is 0 Å². The average molecular weight is 165 g/mol. The highest BCUT2D eigenvalue weighted by Crippen LogP contribution is 2.01. The largest absolute Gasteiger partial charge is 0.361 e. The summed E-state index contributed by atoms with van der Waals surface area (Å²) in [5.74, 6) is -1.84. The summed E-state index contributed by atoms with van der Waals surface area (Å²) >= 11 is 0. The lowest BCUT2D eigenvalue weighted by atomic mass is 10.4. The summed E-state index contributed by atoms with van der Waals surface area (Å²) < 4.78 is 0. The normalized spacial score (nSPS) is 9.00. The average Bonchev–Trinajstić information content (AvgIpc) is 2.06. The van der Waals surface area contributed by atoms with Crippen molar-refractivity contribution >= 4 is 17.5 Å². The highest BCUT2D eigenvalue weighted by atomic mass is 16.2. The molecule has 1 rings (SSSR count). The van der Waals surface area contributed by atoms with Crippen molar-refractivity contribution in [2.75, 3.05) is 5.32 Å². The molecular weight excluding hydrogens is 158 g/mol. The summed E-state index contributed by atoms with van der Waals surface area (Å²) in [5, 5.41) is 2.29. The molecule has 0 aliphatic rings. The van der Waals surface area contributed by atoms with Gasteiger partial charge in [0.25, 0.3) is 0 Å². The third-order valence-electron chi connectivity index (χ3n) is 1.16. The lowest BCUT2D eigenvalue weighted by Crippen LogP contribution is -2.29. The standard InChI is InChI=1S/C7H7N3O2/c8-6(11)7(12)10-5-1-3-9-4-2-5/h1-4H,(H2,8,11)(H,9,10,12). The van der Waals surface area contributed by atoms with E-state index in [0.717, 1.165) is 0 Å². The molecule has 0 saturated carbocycles. The number of pyridine rings is 1. The minimum Gasteiger partial charge on any atom is -0.361 e. The molecule has 0 bridgehead atoms. The molecule has 0 aliphatic carbocycles. The minimum absolute atomic E-state index is 0.494. The molecule has 1 aromatic rings. The Morgan fingerprint density at radius 3 is 2.42 bits per heavy atom. The Hall–Kier alpha value is -1.91. The van der Waals surface area contributed by atoms with E-state index in [2.05, 4.69) is 10.3 Å². The Kier molecular flexibility index (Phi) is 2.37. The predicted molar refractivity (Wildman–Crippen MR) is 42.1 cm³/mol. The molecule has 5 nitrogen and oxygen atoms in total. The number of carbonyl (C=O) groups excluding carboxylic acids is 2. The van der Waals surface area contributed by atoms with Crippen LogP contribution in [0.1, 0.15) is 0 Å². The number of anilines is 1. The van der Waals surface area contributed by atoms with E-state index in [1.165, 1.54) is 12.4 Å². The van der Waals surface area contributed by atoms with Gasteiger partial charge in [0.1, 0.15) is 0 Å². The van der Waals surface area contributed by atoms with Gasteiger partial charge in [0.05, 0.1) is 0 Å². The zero-order valence-electron chi connectivity index (χ0n) is 6.15. The molecule has 1 heterocycles. The lowest BCUT2D eigenvalue weighted by molar-refractivity contribution is -0.134. The Morgan fingerprint density at radius 1 is 1.33 bits per heavy atom. The maximum Gasteiger partial charge on any atom is 0.313 e. The third kappa shape index (κ3) is 2.05. The topological polar surface area (TPSA) is 85.1 Å². The molecule has 0 aromatic carbocycles. The van der Waals surface area contributed by atoms with Crippen LogP contribution in [-0.4, -0.2) is 16.8 Å². The van der Waals surface area contributed by atoms with Gasteiger partial charge in [-0.3, -0.25) is 14.6 Å². The first-order valence-electron chi connectivity index (χ1n) is 3.21. The van der Waals surface area contributed by atoms with E-state index < -0.39 is 11.8 Å². The molecule has 2 amide bonds. The van der Waals surface area contributed by atoms with Crippen molar-refractivity contribution in [2.45, 2.75) is 0 Å². The van der Waals surface area contributed by atoms with Crippen LogP contribution in [0.4, 0.5) is 5.69 Å². The van der Waals surface area contributed by atoms with Crippen molar-refractivity contribution in [3.63, 3.8) is 0 Å². The first-order valence-corrected chi connectivity index (χ1v) is 3.21. The molecule has 0 aliphatic heterocycles. The van der Waals surface area contributed by atoms with Crippen LogP contribution >= 0.6 is 0 Å². The van der Waals surface area contributed by atoms with Gasteiger partial charge in [0.15, 0.2) is 0 Å². The fourth-order valence-electron chi connectivity index (χ4n) is 0.628. The zero-order valence-corrected chi connectivity index (χ0v) is 6.15. The second kappa shape index (κ2) is 3.47. The van der Waals surface area contributed by atoms with Gasteiger partial charge in [-0.25, -0.2) is 0 Å². The second-order valence-corrected chi connectivity index (χ2v) is 2.05. The van der Waals surface area contributed by atoms with Crippen LogP contribution in [0.15, 0.2) is 24.5 Å². The van der Waals surface area contributed by atoms with Crippen LogP contribution in [-0.2, 0) is 9.59 Å². The maximum absolute atomic E-state index is 10.7. The monoisotopic (exact) mass is 165 g/mol. The zero-order chi connectivity index (χ0) is 8.97. The van der Waals surface area contributed by atoms with Crippen LogP contribution in [0.2, 0.25) is 0 Å². The van der Waals surface area contributed by atoms with Crippen molar-refractivity contribution in [2.24, 2.45) is 5.73 Å². The Morgan fingerprint density at radius 2 is 1.92 bits per heavy atom. The number of carbonyl (C=O) groups is 2. The molecule has 12 heavy (non-hydrogen) atoms. The van der Waals surface area contributed by atoms with E-state index in [0.29, 0.717) is 5.69 Å². The third-order valence-corrected chi connectivity index (χ3v) is 1.16. The number of hydrogen-bond donors (Lipinski definition) is 2. The van der Waals surface area contributed by atoms with Gasteiger partial charge in [-0.05, 0) is 12.1 Å². The second-order valence-electron chi connectivity index (χ2n) is 2.05. The summed E-state index contributed by atoms with van der Waals surface area (Å²) in [4.78, 5) is 24.7. The van der Waals surface area contributed by atoms with E-state index in [-0.39, 0.29) is 0 Å². The van der Waals surface area contributed by atoms with Crippen molar-refractivity contribution < 1.29 is 9.59 Å². The van der Waals surface area contributed by atoms with E-state index in [1.54, 1.807) is 12.1 Å². The van der Waals surface area contributed by atoms with E-state index >= 15 is 0 Å². The Bertz CT molecular complexity index is 297. The molecule has 0 fully saturated rings. The molecular formula is C7H7N3O2. The smallest absolute Gasteiger partial charge is 0.313 e. The molecule has 62 valence electrons. The van der Waals surface area contributed by atoms with Crippen molar-refractivity contribution in [3.8, 4) is 0 Å². The molecule has 5 heteroatoms. The minimum atomic E-state index is -1.01. The van der Waals surface area contributed by atoms with Gasteiger partial charge >= 0.3 is 11.8 Å². The molecule has 3 N–H and O–H groups in total. The first-order chi connectivity index (χ1) is 5.70. The van der Waals surface area contributed by atoms with Gasteiger partial charge in [0, 0.05) is 18.1 Å². The van der Waals surface area contributed by atoms with Crippen molar-refractivity contribution in [3.05, 3.63) is 24.5 Å². The van der Waals surface area contributed by atoms with Gasteiger partial charge in [0.2, 0.25) is 0 Å². The van der Waals surface area contributed by atoms with Crippen molar-refractivity contribution in [1.82, 2.24) is 4.98 Å². The van der Waals surface area contributed by atoms with Gasteiger partial charge in [-0.15, -0.1) is 0 Å². The number of rotatable bonds is 1. The molecule has 0 radical (unpaired) electrons. The van der Waals surface area contributed by atoms with Gasteiger partial charge in [-0.2, -0.15) is 0 Å².